The Balaban J connectivity index is 1.76. The molecular formula is C17H24N4O3. The molecule has 0 aliphatic carbocycles. The third kappa shape index (κ3) is 3.28. The van der Waals surface area contributed by atoms with E-state index in [0.717, 1.165) is 5.69 Å². The second kappa shape index (κ2) is 7.29. The Hall–Kier alpha value is -1.96. The lowest BCUT2D eigenvalue weighted by Crippen LogP contribution is -2.56. The lowest BCUT2D eigenvalue weighted by Gasteiger charge is -2.36. The highest BCUT2D eigenvalue weighted by Crippen LogP contribution is 2.31. The van der Waals surface area contributed by atoms with Crippen molar-refractivity contribution in [2.24, 2.45) is 11.8 Å². The van der Waals surface area contributed by atoms with Crippen molar-refractivity contribution in [1.29, 1.82) is 0 Å². The lowest BCUT2D eigenvalue weighted by molar-refractivity contribution is -0.129. The molecule has 1 aromatic rings. The molecule has 1 aromatic carbocycles. The third-order valence-corrected chi connectivity index (χ3v) is 4.66. The molecular weight excluding hydrogens is 308 g/mol. The Morgan fingerprint density at radius 2 is 2.08 bits per heavy atom. The maximum atomic E-state index is 12.8. The highest BCUT2D eigenvalue weighted by Gasteiger charge is 2.50. The topological polar surface area (TPSA) is 73.9 Å². The number of hydrogen-bond acceptors (Lipinski definition) is 5. The van der Waals surface area contributed by atoms with Gasteiger partial charge in [0.25, 0.3) is 0 Å². The summed E-state index contributed by atoms with van der Waals surface area (Å²) in [6.07, 6.45) is 0. The van der Waals surface area contributed by atoms with E-state index >= 15 is 0 Å². The van der Waals surface area contributed by atoms with Crippen LogP contribution in [0.2, 0.25) is 0 Å². The molecule has 0 bridgehead atoms. The first-order chi connectivity index (χ1) is 11.6. The van der Waals surface area contributed by atoms with Crippen LogP contribution >= 0.6 is 0 Å². The van der Waals surface area contributed by atoms with Crippen molar-refractivity contribution in [3.63, 3.8) is 0 Å². The Bertz CT molecular complexity index is 595. The van der Waals surface area contributed by atoms with Gasteiger partial charge in [0.1, 0.15) is 0 Å². The van der Waals surface area contributed by atoms with Gasteiger partial charge in [0.15, 0.2) is 0 Å². The predicted octanol–water partition coefficient (Wildman–Crippen LogP) is -0.153. The average molecular weight is 332 g/mol. The molecule has 2 amide bonds. The molecule has 0 spiro atoms. The van der Waals surface area contributed by atoms with E-state index in [2.05, 4.69) is 15.6 Å². The smallest absolute Gasteiger partial charge is 0.247 e. The second-order valence-corrected chi connectivity index (χ2v) is 6.38. The van der Waals surface area contributed by atoms with Crippen molar-refractivity contribution in [1.82, 2.24) is 15.6 Å². The Morgan fingerprint density at radius 1 is 1.33 bits per heavy atom. The quantitative estimate of drug-likeness (QED) is 0.734. The van der Waals surface area contributed by atoms with Crippen LogP contribution in [0.25, 0.3) is 0 Å². The molecule has 2 aliphatic rings. The number of nitrogens with zero attached hydrogens (tertiary/aromatic N) is 2. The van der Waals surface area contributed by atoms with Gasteiger partial charge in [0.2, 0.25) is 11.8 Å². The molecule has 3 atom stereocenters. The molecule has 2 N–H and O–H groups in total. The van der Waals surface area contributed by atoms with Crippen molar-refractivity contribution >= 4 is 17.5 Å². The van der Waals surface area contributed by atoms with Crippen LogP contribution in [0.3, 0.4) is 0 Å². The minimum absolute atomic E-state index is 0.0208. The fraction of sp³-hybridized carbons (Fsp3) is 0.529. The fourth-order valence-corrected chi connectivity index (χ4v) is 3.48. The number of piperidine rings is 1. The van der Waals surface area contributed by atoms with E-state index in [1.165, 1.54) is 0 Å². The van der Waals surface area contributed by atoms with Crippen LogP contribution in [0.15, 0.2) is 30.3 Å². The van der Waals surface area contributed by atoms with Gasteiger partial charge >= 0.3 is 0 Å². The predicted molar refractivity (Wildman–Crippen MR) is 90.2 cm³/mol. The van der Waals surface area contributed by atoms with Crippen LogP contribution in [0, 0.1) is 11.8 Å². The number of benzene rings is 1. The van der Waals surface area contributed by atoms with Gasteiger partial charge in [-0.15, -0.1) is 0 Å². The molecule has 2 fully saturated rings. The van der Waals surface area contributed by atoms with Gasteiger partial charge in [-0.1, -0.05) is 18.2 Å². The number of carbonyl (C=O) groups excluding carboxylic acids is 2. The molecule has 7 nitrogen and oxygen atoms in total. The lowest BCUT2D eigenvalue weighted by atomic mass is 9.84. The standard InChI is InChI=1S/C17H24N4O3/c1-20-10-13(16(22)18-8-9-24-2)15-14(11-20)17(23)21(19-15)12-6-4-3-5-7-12/h3-7,13-15,19H,8-11H2,1-2H3,(H,18,22). The van der Waals surface area contributed by atoms with E-state index in [0.29, 0.717) is 26.2 Å². The first-order valence-electron chi connectivity index (χ1n) is 8.22. The summed E-state index contributed by atoms with van der Waals surface area (Å²) in [4.78, 5) is 27.4. The van der Waals surface area contributed by atoms with Crippen molar-refractivity contribution in [3.05, 3.63) is 30.3 Å². The third-order valence-electron chi connectivity index (χ3n) is 4.66. The summed E-state index contributed by atoms with van der Waals surface area (Å²) in [5.41, 5.74) is 4.07. The van der Waals surface area contributed by atoms with E-state index < -0.39 is 0 Å². The largest absolute Gasteiger partial charge is 0.383 e. The first kappa shape index (κ1) is 16.9. The zero-order valence-corrected chi connectivity index (χ0v) is 14.1. The minimum Gasteiger partial charge on any atom is -0.383 e. The van der Waals surface area contributed by atoms with E-state index in [1.54, 1.807) is 12.1 Å². The summed E-state index contributed by atoms with van der Waals surface area (Å²) in [5.74, 6) is -0.512. The molecule has 3 unspecified atom stereocenters. The van der Waals surface area contributed by atoms with Crippen molar-refractivity contribution in [2.45, 2.75) is 6.04 Å². The van der Waals surface area contributed by atoms with Gasteiger partial charge in [-0.2, -0.15) is 0 Å². The first-order valence-corrected chi connectivity index (χ1v) is 8.22. The Kier molecular flexibility index (Phi) is 5.13. The zero-order valence-electron chi connectivity index (χ0n) is 14.1. The number of fused-ring (bicyclic) bond motifs is 1. The molecule has 24 heavy (non-hydrogen) atoms. The van der Waals surface area contributed by atoms with E-state index in [-0.39, 0.29) is 29.7 Å². The Labute approximate surface area is 141 Å². The number of anilines is 1. The summed E-state index contributed by atoms with van der Waals surface area (Å²) < 4.78 is 4.98. The van der Waals surface area contributed by atoms with Gasteiger partial charge < -0.3 is 15.0 Å². The van der Waals surface area contributed by atoms with Crippen LogP contribution in [-0.2, 0) is 14.3 Å². The molecule has 7 heteroatoms. The van der Waals surface area contributed by atoms with Gasteiger partial charge in [-0.3, -0.25) is 9.59 Å². The van der Waals surface area contributed by atoms with Crippen LogP contribution in [-0.4, -0.2) is 63.2 Å². The number of methoxy groups -OCH3 is 1. The maximum absolute atomic E-state index is 12.8. The van der Waals surface area contributed by atoms with E-state index in [9.17, 15) is 9.59 Å². The highest BCUT2D eigenvalue weighted by atomic mass is 16.5. The van der Waals surface area contributed by atoms with Crippen LogP contribution in [0.4, 0.5) is 5.69 Å². The van der Waals surface area contributed by atoms with Crippen molar-refractivity contribution in [3.8, 4) is 0 Å². The number of hydrazine groups is 1. The number of carbonyl (C=O) groups is 2. The highest BCUT2D eigenvalue weighted by molar-refractivity contribution is 5.98. The van der Waals surface area contributed by atoms with E-state index in [1.807, 2.05) is 37.4 Å². The number of hydrogen-bond donors (Lipinski definition) is 2. The van der Waals surface area contributed by atoms with Crippen LogP contribution < -0.4 is 15.8 Å². The van der Waals surface area contributed by atoms with Gasteiger partial charge in [0.05, 0.1) is 30.2 Å². The SMILES string of the molecule is COCCNC(=O)C1CN(C)CC2C(=O)N(c3ccccc3)NC12. The number of likely N-dealkylation sites (tertiary alicyclic amines) is 1. The summed E-state index contributed by atoms with van der Waals surface area (Å²) in [7, 11) is 3.55. The number of amides is 2. The fourth-order valence-electron chi connectivity index (χ4n) is 3.48. The van der Waals surface area contributed by atoms with Crippen LogP contribution in [0.1, 0.15) is 0 Å². The van der Waals surface area contributed by atoms with Gasteiger partial charge in [-0.25, -0.2) is 10.4 Å². The van der Waals surface area contributed by atoms with Gasteiger partial charge in [-0.05, 0) is 19.2 Å². The summed E-state index contributed by atoms with van der Waals surface area (Å²) in [5, 5.41) is 4.48. The summed E-state index contributed by atoms with van der Waals surface area (Å²) >= 11 is 0. The molecule has 0 saturated carbocycles. The summed E-state index contributed by atoms with van der Waals surface area (Å²) in [6.45, 7) is 2.23. The Morgan fingerprint density at radius 3 is 2.79 bits per heavy atom. The molecule has 2 aliphatic heterocycles. The zero-order chi connectivity index (χ0) is 17.1. The molecule has 0 radical (unpaired) electrons. The normalized spacial score (nSPS) is 27.2. The summed E-state index contributed by atoms with van der Waals surface area (Å²) in [6, 6.07) is 9.30. The average Bonchev–Trinajstić information content (AvgIpc) is 2.92. The monoisotopic (exact) mass is 332 g/mol. The van der Waals surface area contributed by atoms with Crippen molar-refractivity contribution < 1.29 is 14.3 Å². The second-order valence-electron chi connectivity index (χ2n) is 6.38. The minimum atomic E-state index is -0.275. The number of para-hydroxylation sites is 1. The molecule has 130 valence electrons. The molecule has 0 aromatic heterocycles. The van der Waals surface area contributed by atoms with E-state index in [4.69, 9.17) is 4.74 Å². The number of nitrogens with one attached hydrogen (secondary N) is 2. The van der Waals surface area contributed by atoms with Crippen molar-refractivity contribution in [2.75, 3.05) is 45.4 Å². The number of ether oxygens (including phenoxy) is 1. The van der Waals surface area contributed by atoms with Crippen LogP contribution in [0.5, 0.6) is 0 Å². The maximum Gasteiger partial charge on any atom is 0.247 e. The molecule has 2 saturated heterocycles. The number of rotatable bonds is 5. The van der Waals surface area contributed by atoms with Gasteiger partial charge in [0, 0.05) is 26.7 Å². The molecule has 3 rings (SSSR count). The molecule has 2 heterocycles.